The van der Waals surface area contributed by atoms with Crippen molar-refractivity contribution in [3.63, 3.8) is 0 Å². The molecule has 2 amide bonds. The molecule has 3 aromatic rings. The first-order valence-electron chi connectivity index (χ1n) is 14.0. The van der Waals surface area contributed by atoms with E-state index in [0.717, 1.165) is 40.1 Å². The Morgan fingerprint density at radius 1 is 0.895 bits per heavy atom. The second-order valence-corrected chi connectivity index (χ2v) is 10.9. The highest BCUT2D eigenvalue weighted by atomic mass is 32.1. The number of para-hydroxylation sites is 1. The lowest BCUT2D eigenvalue weighted by Gasteiger charge is -2.16. The van der Waals surface area contributed by atoms with Gasteiger partial charge < -0.3 is 10.6 Å². The van der Waals surface area contributed by atoms with E-state index in [2.05, 4.69) is 22.5 Å². The van der Waals surface area contributed by atoms with Crippen molar-refractivity contribution in [2.75, 3.05) is 5.32 Å². The van der Waals surface area contributed by atoms with Crippen molar-refractivity contribution in [3.05, 3.63) is 48.5 Å². The molecule has 0 saturated carbocycles. The summed E-state index contributed by atoms with van der Waals surface area (Å²) in [6.45, 7) is 2.24. The Hall–Kier alpha value is -3.24. The SMILES string of the molecule is CCCCCCCCCCCCCC(=O)NC(CC#N)C(=O)Nc1ccc(-c2nc3ccccc3s2)cc1. The molecule has 1 atom stereocenters. The normalized spacial score (nSPS) is 11.7. The van der Waals surface area contributed by atoms with Crippen molar-refractivity contribution in [2.24, 2.45) is 0 Å². The molecule has 0 aliphatic heterocycles. The summed E-state index contributed by atoms with van der Waals surface area (Å²) in [5.74, 6) is -0.561. The number of carbonyl (C=O) groups excluding carboxylic acids is 2. The average Bonchev–Trinajstić information content (AvgIpc) is 3.36. The topological polar surface area (TPSA) is 94.9 Å². The number of unbranched alkanes of at least 4 members (excludes halogenated alkanes) is 10. The van der Waals surface area contributed by atoms with Crippen molar-refractivity contribution in [3.8, 4) is 16.6 Å². The van der Waals surface area contributed by atoms with Crippen molar-refractivity contribution in [1.29, 1.82) is 5.26 Å². The molecule has 0 fully saturated rings. The van der Waals surface area contributed by atoms with Crippen LogP contribution in [0.15, 0.2) is 48.5 Å². The molecule has 0 saturated heterocycles. The summed E-state index contributed by atoms with van der Waals surface area (Å²) in [6, 6.07) is 16.6. The maximum absolute atomic E-state index is 12.8. The van der Waals surface area contributed by atoms with Crippen LogP contribution in [-0.4, -0.2) is 22.8 Å². The molecule has 1 aromatic heterocycles. The smallest absolute Gasteiger partial charge is 0.248 e. The van der Waals surface area contributed by atoms with Crippen molar-refractivity contribution < 1.29 is 9.59 Å². The van der Waals surface area contributed by atoms with Gasteiger partial charge in [0.2, 0.25) is 11.8 Å². The highest BCUT2D eigenvalue weighted by molar-refractivity contribution is 7.21. The highest BCUT2D eigenvalue weighted by Crippen LogP contribution is 2.30. The predicted octanol–water partition coefficient (Wildman–Crippen LogP) is 8.00. The first kappa shape index (κ1) is 29.3. The predicted molar refractivity (Wildman–Crippen MR) is 157 cm³/mol. The molecular formula is C31H40N4O2S. The number of thiazole rings is 1. The summed E-state index contributed by atoms with van der Waals surface area (Å²) < 4.78 is 1.13. The lowest BCUT2D eigenvalue weighted by molar-refractivity contribution is -0.126. The molecular weight excluding hydrogens is 492 g/mol. The summed E-state index contributed by atoms with van der Waals surface area (Å²) in [5.41, 5.74) is 2.55. The summed E-state index contributed by atoms with van der Waals surface area (Å²) in [4.78, 5) is 29.9. The minimum Gasteiger partial charge on any atom is -0.343 e. The van der Waals surface area contributed by atoms with E-state index in [4.69, 9.17) is 0 Å². The molecule has 0 bridgehead atoms. The van der Waals surface area contributed by atoms with Gasteiger partial charge in [0.25, 0.3) is 0 Å². The van der Waals surface area contributed by atoms with Crippen LogP contribution < -0.4 is 10.6 Å². The maximum Gasteiger partial charge on any atom is 0.248 e. The number of fused-ring (bicyclic) bond motifs is 1. The Morgan fingerprint density at radius 3 is 2.16 bits per heavy atom. The molecule has 1 heterocycles. The second-order valence-electron chi connectivity index (χ2n) is 9.82. The zero-order valence-corrected chi connectivity index (χ0v) is 23.3. The number of amides is 2. The number of nitriles is 1. The zero-order valence-electron chi connectivity index (χ0n) is 22.5. The van der Waals surface area contributed by atoms with Crippen LogP contribution in [-0.2, 0) is 9.59 Å². The van der Waals surface area contributed by atoms with Crippen LogP contribution >= 0.6 is 11.3 Å². The monoisotopic (exact) mass is 532 g/mol. The van der Waals surface area contributed by atoms with E-state index >= 15 is 0 Å². The van der Waals surface area contributed by atoms with Crippen LogP contribution in [0.2, 0.25) is 0 Å². The molecule has 0 aliphatic rings. The van der Waals surface area contributed by atoms with E-state index in [-0.39, 0.29) is 18.2 Å². The van der Waals surface area contributed by atoms with Gasteiger partial charge in [-0.05, 0) is 42.8 Å². The van der Waals surface area contributed by atoms with E-state index in [1.165, 1.54) is 51.4 Å². The van der Waals surface area contributed by atoms with Gasteiger partial charge in [0.05, 0.1) is 22.7 Å². The first-order valence-corrected chi connectivity index (χ1v) is 14.9. The molecule has 0 aliphatic carbocycles. The Morgan fingerprint density at radius 2 is 1.53 bits per heavy atom. The first-order chi connectivity index (χ1) is 18.6. The van der Waals surface area contributed by atoms with Gasteiger partial charge in [-0.1, -0.05) is 83.3 Å². The number of rotatable bonds is 17. The Balaban J connectivity index is 1.37. The van der Waals surface area contributed by atoms with E-state index < -0.39 is 6.04 Å². The molecule has 0 radical (unpaired) electrons. The molecule has 6 nitrogen and oxygen atoms in total. The van der Waals surface area contributed by atoms with E-state index in [0.29, 0.717) is 12.1 Å². The fraction of sp³-hybridized carbons (Fsp3) is 0.484. The average molecular weight is 533 g/mol. The van der Waals surface area contributed by atoms with Crippen molar-refractivity contribution in [2.45, 2.75) is 96.4 Å². The summed E-state index contributed by atoms with van der Waals surface area (Å²) >= 11 is 1.62. The standard InChI is InChI=1S/C31H40N4O2S/c1-2-3-4-5-6-7-8-9-10-11-12-17-29(36)34-27(22-23-32)30(37)33-25-20-18-24(19-21-25)31-35-26-15-13-14-16-28(26)38-31/h13-16,18-21,27H,2-12,17,22H2,1H3,(H,33,37)(H,34,36). The van der Waals surface area contributed by atoms with Crippen LogP contribution in [0.4, 0.5) is 5.69 Å². The molecule has 0 spiro atoms. The fourth-order valence-corrected chi connectivity index (χ4v) is 5.41. The molecule has 202 valence electrons. The van der Waals surface area contributed by atoms with Crippen LogP contribution in [0.3, 0.4) is 0 Å². The van der Waals surface area contributed by atoms with Gasteiger partial charge in [0.15, 0.2) is 0 Å². The van der Waals surface area contributed by atoms with Crippen LogP contribution in [0.5, 0.6) is 0 Å². The van der Waals surface area contributed by atoms with Gasteiger partial charge in [-0.3, -0.25) is 9.59 Å². The molecule has 7 heteroatoms. The number of aromatic nitrogens is 1. The lowest BCUT2D eigenvalue weighted by Crippen LogP contribution is -2.43. The molecule has 2 N–H and O–H groups in total. The van der Waals surface area contributed by atoms with Crippen LogP contribution in [0.25, 0.3) is 20.8 Å². The maximum atomic E-state index is 12.8. The fourth-order valence-electron chi connectivity index (χ4n) is 4.44. The number of hydrogen-bond donors (Lipinski definition) is 2. The number of nitrogens with one attached hydrogen (secondary N) is 2. The Bertz CT molecular complexity index is 1150. The summed E-state index contributed by atoms with van der Waals surface area (Å²) in [5, 5.41) is 15.7. The van der Waals surface area contributed by atoms with Crippen molar-refractivity contribution >= 4 is 39.1 Å². The highest BCUT2D eigenvalue weighted by Gasteiger charge is 2.20. The van der Waals surface area contributed by atoms with Crippen molar-refractivity contribution in [1.82, 2.24) is 10.3 Å². The third-order valence-corrected chi connectivity index (χ3v) is 7.73. The Labute approximate surface area is 230 Å². The zero-order chi connectivity index (χ0) is 27.0. The van der Waals surface area contributed by atoms with Crippen LogP contribution in [0.1, 0.15) is 90.4 Å². The Kier molecular flexibility index (Phi) is 12.8. The third kappa shape index (κ3) is 9.90. The number of benzene rings is 2. The minimum atomic E-state index is -0.871. The van der Waals surface area contributed by atoms with Gasteiger partial charge >= 0.3 is 0 Å². The van der Waals surface area contributed by atoms with Gasteiger partial charge in [-0.15, -0.1) is 11.3 Å². The van der Waals surface area contributed by atoms with Gasteiger partial charge in [-0.25, -0.2) is 4.98 Å². The second kappa shape index (κ2) is 16.6. The number of carbonyl (C=O) groups is 2. The van der Waals surface area contributed by atoms with Crippen LogP contribution in [0, 0.1) is 11.3 Å². The quantitative estimate of drug-likeness (QED) is 0.172. The van der Waals surface area contributed by atoms with Gasteiger partial charge in [0.1, 0.15) is 11.0 Å². The van der Waals surface area contributed by atoms with E-state index in [1.54, 1.807) is 11.3 Å². The summed E-state index contributed by atoms with van der Waals surface area (Å²) in [7, 11) is 0. The molecule has 2 aromatic carbocycles. The van der Waals surface area contributed by atoms with Gasteiger partial charge in [0, 0.05) is 17.7 Å². The van der Waals surface area contributed by atoms with E-state index in [9.17, 15) is 14.9 Å². The molecule has 1 unspecified atom stereocenters. The third-order valence-electron chi connectivity index (χ3n) is 6.65. The summed E-state index contributed by atoms with van der Waals surface area (Å²) in [6.07, 6.45) is 13.7. The number of nitrogens with zero attached hydrogens (tertiary/aromatic N) is 2. The number of hydrogen-bond acceptors (Lipinski definition) is 5. The van der Waals surface area contributed by atoms with Gasteiger partial charge in [-0.2, -0.15) is 5.26 Å². The number of anilines is 1. The minimum absolute atomic E-state index is 0.0698. The lowest BCUT2D eigenvalue weighted by atomic mass is 10.1. The largest absolute Gasteiger partial charge is 0.343 e. The molecule has 3 rings (SSSR count). The van der Waals surface area contributed by atoms with E-state index in [1.807, 2.05) is 54.6 Å². The molecule has 38 heavy (non-hydrogen) atoms.